The third-order valence-electron chi connectivity index (χ3n) is 4.33. The Hall–Kier alpha value is -1.39. The van der Waals surface area contributed by atoms with Crippen molar-refractivity contribution < 1.29 is 4.79 Å². The summed E-state index contributed by atoms with van der Waals surface area (Å²) in [6.07, 6.45) is 2.22. The molecular weight excluding hydrogens is 274 g/mol. The van der Waals surface area contributed by atoms with E-state index in [2.05, 4.69) is 29.0 Å². The van der Waals surface area contributed by atoms with Gasteiger partial charge in [-0.3, -0.25) is 14.6 Å². The van der Waals surface area contributed by atoms with E-state index >= 15 is 0 Å². The molecule has 1 saturated heterocycles. The maximum Gasteiger partial charge on any atom is 0.243 e. The molecule has 1 aromatic carbocycles. The van der Waals surface area contributed by atoms with Crippen LogP contribution in [0.2, 0.25) is 0 Å². The second kappa shape index (κ2) is 8.30. The zero-order valence-corrected chi connectivity index (χ0v) is 14.1. The van der Waals surface area contributed by atoms with E-state index in [1.54, 1.807) is 0 Å². The average Bonchev–Trinajstić information content (AvgIpc) is 2.51. The summed E-state index contributed by atoms with van der Waals surface area (Å²) in [4.78, 5) is 17.5. The summed E-state index contributed by atoms with van der Waals surface area (Å²) in [5.41, 5.74) is 2.04. The number of nitrogens with one attached hydrogen (secondary N) is 1. The standard InChI is InChI=1S/C18H29N3O/c1-4-10-20-12-13-21(11-5-2)17(14-20)18(22)19-16-9-7-6-8-15(16)3/h6-9,17H,4-5,10-14H2,1-3H3,(H,19,22). The smallest absolute Gasteiger partial charge is 0.243 e. The molecule has 1 atom stereocenters. The van der Waals surface area contributed by atoms with Gasteiger partial charge in [0.2, 0.25) is 5.91 Å². The maximum absolute atomic E-state index is 12.8. The van der Waals surface area contributed by atoms with E-state index in [1.165, 1.54) is 0 Å². The van der Waals surface area contributed by atoms with Gasteiger partial charge in [0.15, 0.2) is 0 Å². The van der Waals surface area contributed by atoms with Gasteiger partial charge in [0.1, 0.15) is 6.04 Å². The van der Waals surface area contributed by atoms with Crippen LogP contribution in [-0.2, 0) is 4.79 Å². The number of benzene rings is 1. The number of nitrogens with zero attached hydrogens (tertiary/aromatic N) is 2. The molecule has 1 aromatic rings. The van der Waals surface area contributed by atoms with Gasteiger partial charge in [0.25, 0.3) is 0 Å². The van der Waals surface area contributed by atoms with Gasteiger partial charge in [-0.05, 0) is 44.5 Å². The molecule has 1 heterocycles. The van der Waals surface area contributed by atoms with Gasteiger partial charge < -0.3 is 5.32 Å². The summed E-state index contributed by atoms with van der Waals surface area (Å²) in [5, 5.41) is 3.12. The fourth-order valence-corrected chi connectivity index (χ4v) is 3.13. The predicted octanol–water partition coefficient (Wildman–Crippen LogP) is 2.74. The normalized spacial score (nSPS) is 20.0. The van der Waals surface area contributed by atoms with E-state index in [9.17, 15) is 4.79 Å². The minimum atomic E-state index is -0.0418. The van der Waals surface area contributed by atoms with Crippen molar-refractivity contribution in [1.82, 2.24) is 9.80 Å². The Morgan fingerprint density at radius 1 is 1.18 bits per heavy atom. The Balaban J connectivity index is 2.06. The van der Waals surface area contributed by atoms with Crippen LogP contribution in [0.15, 0.2) is 24.3 Å². The summed E-state index contributed by atoms with van der Waals surface area (Å²) in [6.45, 7) is 11.4. The number of piperazine rings is 1. The molecule has 0 spiro atoms. The van der Waals surface area contributed by atoms with Crippen molar-refractivity contribution in [2.45, 2.75) is 39.7 Å². The van der Waals surface area contributed by atoms with Crippen LogP contribution < -0.4 is 5.32 Å². The molecule has 1 N–H and O–H groups in total. The van der Waals surface area contributed by atoms with E-state index < -0.39 is 0 Å². The maximum atomic E-state index is 12.8. The molecule has 122 valence electrons. The molecule has 4 heteroatoms. The fourth-order valence-electron chi connectivity index (χ4n) is 3.13. The Morgan fingerprint density at radius 2 is 1.91 bits per heavy atom. The zero-order valence-electron chi connectivity index (χ0n) is 14.1. The third kappa shape index (κ3) is 4.31. The molecule has 1 fully saturated rings. The molecule has 22 heavy (non-hydrogen) atoms. The molecule has 0 saturated carbocycles. The number of carbonyl (C=O) groups is 1. The topological polar surface area (TPSA) is 35.6 Å². The van der Waals surface area contributed by atoms with Crippen LogP contribution in [0.5, 0.6) is 0 Å². The van der Waals surface area contributed by atoms with E-state index in [-0.39, 0.29) is 11.9 Å². The first-order chi connectivity index (χ1) is 10.7. The lowest BCUT2D eigenvalue weighted by molar-refractivity contribution is -0.123. The largest absolute Gasteiger partial charge is 0.324 e. The average molecular weight is 303 g/mol. The van der Waals surface area contributed by atoms with Crippen molar-refractivity contribution in [1.29, 1.82) is 0 Å². The van der Waals surface area contributed by atoms with Gasteiger partial charge in [-0.25, -0.2) is 0 Å². The summed E-state index contributed by atoms with van der Waals surface area (Å²) in [5.74, 6) is 0.128. The Morgan fingerprint density at radius 3 is 2.59 bits per heavy atom. The van der Waals surface area contributed by atoms with Crippen LogP contribution in [-0.4, -0.2) is 54.5 Å². The SMILES string of the molecule is CCCN1CCN(CCC)C(C(=O)Nc2ccccc2C)C1. The van der Waals surface area contributed by atoms with E-state index in [0.29, 0.717) is 0 Å². The van der Waals surface area contributed by atoms with Gasteiger partial charge in [0.05, 0.1) is 0 Å². The number of aryl methyl sites for hydroxylation is 1. The van der Waals surface area contributed by atoms with Crippen molar-refractivity contribution in [3.63, 3.8) is 0 Å². The second-order valence-electron chi connectivity index (χ2n) is 6.16. The zero-order chi connectivity index (χ0) is 15.9. The first-order valence-corrected chi connectivity index (χ1v) is 8.48. The monoisotopic (exact) mass is 303 g/mol. The molecule has 0 aromatic heterocycles. The van der Waals surface area contributed by atoms with Crippen molar-refractivity contribution in [3.8, 4) is 0 Å². The molecule has 0 bridgehead atoms. The van der Waals surface area contributed by atoms with Crippen molar-refractivity contribution in [2.75, 3.05) is 38.0 Å². The highest BCUT2D eigenvalue weighted by Crippen LogP contribution is 2.17. The highest BCUT2D eigenvalue weighted by molar-refractivity contribution is 5.95. The number of hydrogen-bond donors (Lipinski definition) is 1. The highest BCUT2D eigenvalue weighted by atomic mass is 16.2. The molecule has 0 aliphatic carbocycles. The number of anilines is 1. The number of para-hydroxylation sites is 1. The Kier molecular flexibility index (Phi) is 6.40. The predicted molar refractivity (Wildman–Crippen MR) is 92.2 cm³/mol. The van der Waals surface area contributed by atoms with Crippen LogP contribution in [0.4, 0.5) is 5.69 Å². The van der Waals surface area contributed by atoms with Crippen LogP contribution >= 0.6 is 0 Å². The molecule has 1 aliphatic rings. The summed E-state index contributed by atoms with van der Waals surface area (Å²) < 4.78 is 0. The molecular formula is C18H29N3O. The molecule has 1 amide bonds. The minimum Gasteiger partial charge on any atom is -0.324 e. The molecule has 0 radical (unpaired) electrons. The van der Waals surface area contributed by atoms with Crippen molar-refractivity contribution >= 4 is 11.6 Å². The summed E-state index contributed by atoms with van der Waals surface area (Å²) in [7, 11) is 0. The Labute approximate surface area is 134 Å². The number of hydrogen-bond acceptors (Lipinski definition) is 3. The lowest BCUT2D eigenvalue weighted by atomic mass is 10.1. The van der Waals surface area contributed by atoms with E-state index in [1.807, 2.05) is 31.2 Å². The quantitative estimate of drug-likeness (QED) is 0.878. The summed E-state index contributed by atoms with van der Waals surface area (Å²) >= 11 is 0. The van der Waals surface area contributed by atoms with Gasteiger partial charge in [-0.1, -0.05) is 32.0 Å². The van der Waals surface area contributed by atoms with Crippen LogP contribution in [0, 0.1) is 6.92 Å². The van der Waals surface area contributed by atoms with Gasteiger partial charge >= 0.3 is 0 Å². The lowest BCUT2D eigenvalue weighted by Gasteiger charge is -2.40. The van der Waals surface area contributed by atoms with Gasteiger partial charge in [0, 0.05) is 25.3 Å². The minimum absolute atomic E-state index is 0.0418. The molecule has 1 unspecified atom stereocenters. The van der Waals surface area contributed by atoms with E-state index in [4.69, 9.17) is 0 Å². The number of rotatable bonds is 6. The number of amides is 1. The third-order valence-corrected chi connectivity index (χ3v) is 4.33. The Bertz CT molecular complexity index is 489. The van der Waals surface area contributed by atoms with Crippen molar-refractivity contribution in [3.05, 3.63) is 29.8 Å². The van der Waals surface area contributed by atoms with Gasteiger partial charge in [-0.2, -0.15) is 0 Å². The summed E-state index contributed by atoms with van der Waals surface area (Å²) in [6, 6.07) is 7.93. The fraction of sp³-hybridized carbons (Fsp3) is 0.611. The van der Waals surface area contributed by atoms with Crippen LogP contribution in [0.25, 0.3) is 0 Å². The second-order valence-corrected chi connectivity index (χ2v) is 6.16. The van der Waals surface area contributed by atoms with Crippen molar-refractivity contribution in [2.24, 2.45) is 0 Å². The van der Waals surface area contributed by atoms with E-state index in [0.717, 1.165) is 56.8 Å². The highest BCUT2D eigenvalue weighted by Gasteiger charge is 2.31. The molecule has 1 aliphatic heterocycles. The molecule has 2 rings (SSSR count). The van der Waals surface area contributed by atoms with Crippen LogP contribution in [0.3, 0.4) is 0 Å². The first kappa shape index (κ1) is 17.0. The number of carbonyl (C=O) groups excluding carboxylic acids is 1. The first-order valence-electron chi connectivity index (χ1n) is 8.48. The van der Waals surface area contributed by atoms with Gasteiger partial charge in [-0.15, -0.1) is 0 Å². The lowest BCUT2D eigenvalue weighted by Crippen LogP contribution is -2.57. The van der Waals surface area contributed by atoms with Crippen LogP contribution in [0.1, 0.15) is 32.3 Å². The molecule has 4 nitrogen and oxygen atoms in total.